The number of aromatic nitrogens is 2. The standard InChI is InChI=1S/C16H23FN2S/c1-3-6-14(4-2)19-12-18-15-11-13(7-5-10-20-17)8-9-16(15)19/h8-9,11-12,14H,3-7,10H2,1-2H3. The molecule has 0 bridgehead atoms. The zero-order valence-corrected chi connectivity index (χ0v) is 13.1. The summed E-state index contributed by atoms with van der Waals surface area (Å²) in [5, 5.41) is 0. The molecular weight excluding hydrogens is 271 g/mol. The first kappa shape index (κ1) is 15.4. The Labute approximate surface area is 125 Å². The van der Waals surface area contributed by atoms with Crippen LogP contribution in [0.4, 0.5) is 3.89 Å². The van der Waals surface area contributed by atoms with Gasteiger partial charge in [0.1, 0.15) is 0 Å². The summed E-state index contributed by atoms with van der Waals surface area (Å²) in [6.07, 6.45) is 7.28. The average Bonchev–Trinajstić information content (AvgIpc) is 2.88. The number of nitrogens with zero attached hydrogens (tertiary/aromatic N) is 2. The molecule has 0 saturated carbocycles. The van der Waals surface area contributed by atoms with Crippen LogP contribution in [0.15, 0.2) is 24.5 Å². The Morgan fingerprint density at radius 3 is 2.90 bits per heavy atom. The van der Waals surface area contributed by atoms with Gasteiger partial charge in [-0.2, -0.15) is 3.89 Å². The fourth-order valence-corrected chi connectivity index (χ4v) is 2.98. The number of fused-ring (bicyclic) bond motifs is 1. The summed E-state index contributed by atoms with van der Waals surface area (Å²) in [6.45, 7) is 4.46. The number of imidazole rings is 1. The van der Waals surface area contributed by atoms with Gasteiger partial charge in [0.2, 0.25) is 0 Å². The fourth-order valence-electron chi connectivity index (χ4n) is 2.73. The Balaban J connectivity index is 2.19. The molecule has 2 rings (SSSR count). The quantitative estimate of drug-likeness (QED) is 0.612. The van der Waals surface area contributed by atoms with Crippen molar-refractivity contribution < 1.29 is 3.89 Å². The topological polar surface area (TPSA) is 17.8 Å². The molecule has 1 aromatic carbocycles. The van der Waals surface area contributed by atoms with Gasteiger partial charge >= 0.3 is 0 Å². The van der Waals surface area contributed by atoms with Crippen LogP contribution in [0.3, 0.4) is 0 Å². The van der Waals surface area contributed by atoms with Crippen LogP contribution in [0, 0.1) is 0 Å². The SMILES string of the molecule is CCCC(CC)n1cnc2cc(CCCSF)ccc21. The minimum atomic E-state index is 0.421. The van der Waals surface area contributed by atoms with Gasteiger partial charge in [0.05, 0.1) is 17.4 Å². The smallest absolute Gasteiger partial charge is 0.0960 e. The van der Waals surface area contributed by atoms with Crippen LogP contribution >= 0.6 is 12.1 Å². The molecule has 110 valence electrons. The van der Waals surface area contributed by atoms with Gasteiger partial charge in [-0.1, -0.05) is 26.3 Å². The van der Waals surface area contributed by atoms with Crippen molar-refractivity contribution in [3.63, 3.8) is 0 Å². The molecule has 2 nitrogen and oxygen atoms in total. The highest BCUT2D eigenvalue weighted by atomic mass is 32.2. The predicted molar refractivity (Wildman–Crippen MR) is 85.9 cm³/mol. The zero-order chi connectivity index (χ0) is 14.4. The molecule has 0 spiro atoms. The van der Waals surface area contributed by atoms with Crippen molar-refractivity contribution in [1.29, 1.82) is 0 Å². The van der Waals surface area contributed by atoms with E-state index in [0.29, 0.717) is 23.9 Å². The second kappa shape index (κ2) is 7.67. The van der Waals surface area contributed by atoms with Crippen LogP contribution in [0.25, 0.3) is 11.0 Å². The Morgan fingerprint density at radius 1 is 1.35 bits per heavy atom. The maximum absolute atomic E-state index is 12.1. The van der Waals surface area contributed by atoms with E-state index in [2.05, 4.69) is 41.6 Å². The summed E-state index contributed by atoms with van der Waals surface area (Å²) in [4.78, 5) is 4.54. The maximum Gasteiger partial charge on any atom is 0.0960 e. The Hall–Kier alpha value is -1.03. The van der Waals surface area contributed by atoms with E-state index in [1.165, 1.54) is 23.9 Å². The first-order valence-electron chi connectivity index (χ1n) is 7.49. The second-order valence-corrected chi connectivity index (χ2v) is 5.87. The zero-order valence-electron chi connectivity index (χ0n) is 12.3. The van der Waals surface area contributed by atoms with Crippen molar-refractivity contribution in [2.24, 2.45) is 0 Å². The first-order valence-corrected chi connectivity index (χ1v) is 8.37. The van der Waals surface area contributed by atoms with Gasteiger partial charge in [-0.05, 0) is 43.4 Å². The number of benzene rings is 1. The summed E-state index contributed by atoms with van der Waals surface area (Å²) in [5.41, 5.74) is 3.53. The van der Waals surface area contributed by atoms with Gasteiger partial charge in [-0.25, -0.2) is 4.98 Å². The third-order valence-corrected chi connectivity index (χ3v) is 4.26. The molecule has 0 amide bonds. The van der Waals surface area contributed by atoms with Crippen molar-refractivity contribution in [2.45, 2.75) is 52.0 Å². The normalized spacial score (nSPS) is 12.9. The van der Waals surface area contributed by atoms with Crippen LogP contribution in [0.2, 0.25) is 0 Å². The lowest BCUT2D eigenvalue weighted by Crippen LogP contribution is -2.06. The molecule has 1 atom stereocenters. The van der Waals surface area contributed by atoms with Gasteiger partial charge in [-0.15, -0.1) is 0 Å². The molecule has 2 aromatic rings. The van der Waals surface area contributed by atoms with Crippen LogP contribution in [0.1, 0.15) is 51.1 Å². The molecule has 0 N–H and O–H groups in total. The largest absolute Gasteiger partial charge is 0.327 e. The van der Waals surface area contributed by atoms with Crippen LogP contribution in [-0.2, 0) is 6.42 Å². The Kier molecular flexibility index (Phi) is 5.89. The van der Waals surface area contributed by atoms with Crippen LogP contribution < -0.4 is 0 Å². The lowest BCUT2D eigenvalue weighted by Gasteiger charge is -2.16. The second-order valence-electron chi connectivity index (χ2n) is 5.24. The van der Waals surface area contributed by atoms with Gasteiger partial charge < -0.3 is 4.57 Å². The molecular formula is C16H23FN2S. The number of rotatable bonds is 8. The highest BCUT2D eigenvalue weighted by Crippen LogP contribution is 2.24. The summed E-state index contributed by atoms with van der Waals surface area (Å²) >= 11 is 0.421. The predicted octanol–water partition coefficient (Wildman–Crippen LogP) is 5.34. The molecule has 0 fully saturated rings. The number of halogens is 1. The third kappa shape index (κ3) is 3.54. The van der Waals surface area contributed by atoms with Crippen molar-refractivity contribution in [1.82, 2.24) is 9.55 Å². The summed E-state index contributed by atoms with van der Waals surface area (Å²) in [5.74, 6) is 0.570. The lowest BCUT2D eigenvalue weighted by molar-refractivity contribution is 0.458. The minimum absolute atomic E-state index is 0.421. The van der Waals surface area contributed by atoms with E-state index in [-0.39, 0.29) is 0 Å². The summed E-state index contributed by atoms with van der Waals surface area (Å²) in [7, 11) is 0. The van der Waals surface area contributed by atoms with Gasteiger partial charge in [0.25, 0.3) is 0 Å². The van der Waals surface area contributed by atoms with E-state index in [1.54, 1.807) is 0 Å². The monoisotopic (exact) mass is 294 g/mol. The molecule has 0 aliphatic carbocycles. The first-order chi connectivity index (χ1) is 9.80. The van der Waals surface area contributed by atoms with E-state index in [4.69, 9.17) is 0 Å². The highest BCUT2D eigenvalue weighted by Gasteiger charge is 2.11. The molecule has 1 aromatic heterocycles. The minimum Gasteiger partial charge on any atom is -0.327 e. The van der Waals surface area contributed by atoms with Crippen LogP contribution in [-0.4, -0.2) is 15.3 Å². The summed E-state index contributed by atoms with van der Waals surface area (Å²) in [6, 6.07) is 7.01. The highest BCUT2D eigenvalue weighted by molar-refractivity contribution is 7.94. The fraction of sp³-hybridized carbons (Fsp3) is 0.562. The molecule has 0 aliphatic heterocycles. The van der Waals surface area contributed by atoms with Crippen molar-refractivity contribution in [3.05, 3.63) is 30.1 Å². The Bertz CT molecular complexity index is 538. The van der Waals surface area contributed by atoms with E-state index in [1.807, 2.05) is 6.33 Å². The van der Waals surface area contributed by atoms with E-state index in [0.717, 1.165) is 24.8 Å². The molecule has 0 aliphatic rings. The van der Waals surface area contributed by atoms with Gasteiger partial charge in [-0.3, -0.25) is 0 Å². The molecule has 20 heavy (non-hydrogen) atoms. The molecule has 0 radical (unpaired) electrons. The van der Waals surface area contributed by atoms with Crippen LogP contribution in [0.5, 0.6) is 0 Å². The van der Waals surface area contributed by atoms with Gasteiger partial charge in [0.15, 0.2) is 0 Å². The number of hydrogen-bond acceptors (Lipinski definition) is 2. The number of hydrogen-bond donors (Lipinski definition) is 0. The van der Waals surface area contributed by atoms with Crippen molar-refractivity contribution >= 4 is 23.2 Å². The van der Waals surface area contributed by atoms with Crippen molar-refractivity contribution in [3.8, 4) is 0 Å². The molecule has 1 heterocycles. The molecule has 1 unspecified atom stereocenters. The third-order valence-electron chi connectivity index (χ3n) is 3.81. The van der Waals surface area contributed by atoms with Gasteiger partial charge in [0, 0.05) is 23.9 Å². The Morgan fingerprint density at radius 2 is 2.20 bits per heavy atom. The van der Waals surface area contributed by atoms with E-state index >= 15 is 0 Å². The maximum atomic E-state index is 12.1. The lowest BCUT2D eigenvalue weighted by atomic mass is 10.1. The average molecular weight is 294 g/mol. The molecule has 4 heteroatoms. The number of aryl methyl sites for hydroxylation is 1. The van der Waals surface area contributed by atoms with E-state index < -0.39 is 0 Å². The summed E-state index contributed by atoms with van der Waals surface area (Å²) < 4.78 is 14.4. The van der Waals surface area contributed by atoms with Crippen molar-refractivity contribution in [2.75, 3.05) is 5.75 Å². The molecule has 0 saturated heterocycles. The van der Waals surface area contributed by atoms with E-state index in [9.17, 15) is 3.89 Å².